The van der Waals surface area contributed by atoms with Crippen LogP contribution in [0.2, 0.25) is 0 Å². The van der Waals surface area contributed by atoms with Crippen molar-refractivity contribution in [1.82, 2.24) is 3.11 Å². The molecule has 0 radical (unpaired) electrons. The van der Waals surface area contributed by atoms with E-state index in [0.29, 0.717) is 6.61 Å². The molecule has 4 nitrogen and oxygen atoms in total. The maximum absolute atomic E-state index is 10.5. The Morgan fingerprint density at radius 2 is 2.30 bits per heavy atom. The number of hydrogen-bond donors (Lipinski definition) is 0. The molecule has 0 aromatic rings. The molecule has 60 valence electrons. The molecule has 0 aromatic heterocycles. The van der Waals surface area contributed by atoms with Gasteiger partial charge in [-0.1, -0.05) is 0 Å². The van der Waals surface area contributed by atoms with Crippen molar-refractivity contribution in [2.75, 3.05) is 27.3 Å². The molecule has 6 heteroatoms. The molecular formula is C4H10INO3P+. The second kappa shape index (κ2) is 6.42. The highest BCUT2D eigenvalue weighted by atomic mass is 127. The molecular weight excluding hydrogens is 268 g/mol. The molecule has 0 fully saturated rings. The van der Waals surface area contributed by atoms with Gasteiger partial charge in [0.25, 0.3) is 0 Å². The van der Waals surface area contributed by atoms with Gasteiger partial charge in [0, 0.05) is 34.0 Å². The fourth-order valence-electron chi connectivity index (χ4n) is 0.294. The Bertz CT molecular complexity index is 111. The summed E-state index contributed by atoms with van der Waals surface area (Å²) in [5, 5.41) is 0. The lowest BCUT2D eigenvalue weighted by atomic mass is 10.7. The average Bonchev–Trinajstić information content (AvgIpc) is 1.87. The van der Waals surface area contributed by atoms with Crippen LogP contribution in [-0.4, -0.2) is 30.4 Å². The van der Waals surface area contributed by atoms with Gasteiger partial charge in [0.1, 0.15) is 6.61 Å². The van der Waals surface area contributed by atoms with E-state index in [4.69, 9.17) is 4.52 Å². The van der Waals surface area contributed by atoms with Gasteiger partial charge in [-0.15, -0.1) is 9.05 Å². The average molecular weight is 278 g/mol. The molecule has 0 aliphatic rings. The third kappa shape index (κ3) is 6.82. The molecule has 0 saturated heterocycles. The van der Waals surface area contributed by atoms with E-state index < -0.39 is 8.25 Å². The molecule has 0 aromatic carbocycles. The van der Waals surface area contributed by atoms with E-state index in [-0.39, 0.29) is 0 Å². The molecule has 0 aliphatic carbocycles. The van der Waals surface area contributed by atoms with E-state index >= 15 is 0 Å². The van der Waals surface area contributed by atoms with Crippen LogP contribution in [0, 0.1) is 0 Å². The standard InChI is InChI=1S/C4H10INO3P/c1-6(5)3-4-9-10(7)8-2/h3-4H2,1-2H3/q+1. The Kier molecular flexibility index (Phi) is 6.88. The Balaban J connectivity index is 3.12. The lowest BCUT2D eigenvalue weighted by Crippen LogP contribution is -2.10. The zero-order valence-electron chi connectivity index (χ0n) is 5.91. The van der Waals surface area contributed by atoms with Crippen LogP contribution >= 0.6 is 31.1 Å². The summed E-state index contributed by atoms with van der Waals surface area (Å²) < 4.78 is 21.5. The molecule has 0 rings (SSSR count). The van der Waals surface area contributed by atoms with Crippen LogP contribution in [0.25, 0.3) is 0 Å². The summed E-state index contributed by atoms with van der Waals surface area (Å²) in [7, 11) is 1.37. The van der Waals surface area contributed by atoms with Crippen LogP contribution < -0.4 is 0 Å². The van der Waals surface area contributed by atoms with Gasteiger partial charge >= 0.3 is 8.25 Å². The van der Waals surface area contributed by atoms with Crippen molar-refractivity contribution in [3.05, 3.63) is 0 Å². The third-order valence-corrected chi connectivity index (χ3v) is 1.92. The molecule has 0 amide bonds. The molecule has 10 heavy (non-hydrogen) atoms. The van der Waals surface area contributed by atoms with Gasteiger partial charge in [0.05, 0.1) is 7.11 Å². The first-order valence-electron chi connectivity index (χ1n) is 2.68. The summed E-state index contributed by atoms with van der Waals surface area (Å²) in [6.45, 7) is 1.17. The van der Waals surface area contributed by atoms with Crippen LogP contribution in [0.3, 0.4) is 0 Å². The van der Waals surface area contributed by atoms with E-state index in [1.807, 2.05) is 10.2 Å². The monoisotopic (exact) mass is 278 g/mol. The maximum Gasteiger partial charge on any atom is 0.697 e. The minimum Gasteiger partial charge on any atom is -0.248 e. The number of halogens is 1. The van der Waals surface area contributed by atoms with Crippen molar-refractivity contribution in [3.8, 4) is 0 Å². The topological polar surface area (TPSA) is 38.8 Å². The van der Waals surface area contributed by atoms with Crippen molar-refractivity contribution in [3.63, 3.8) is 0 Å². The zero-order chi connectivity index (χ0) is 7.98. The number of hydrogen-bond acceptors (Lipinski definition) is 4. The summed E-state index contributed by atoms with van der Waals surface area (Å²) in [6.07, 6.45) is 0. The predicted octanol–water partition coefficient (Wildman–Crippen LogP) is 1.59. The van der Waals surface area contributed by atoms with Crippen molar-refractivity contribution < 1.29 is 13.6 Å². The summed E-state index contributed by atoms with van der Waals surface area (Å²) in [5.41, 5.74) is 0. The Labute approximate surface area is 75.3 Å². The lowest BCUT2D eigenvalue weighted by molar-refractivity contribution is 0.248. The van der Waals surface area contributed by atoms with Crippen LogP contribution in [0.1, 0.15) is 0 Å². The Hall–Kier alpha value is 0.710. The maximum atomic E-state index is 10.5. The van der Waals surface area contributed by atoms with Gasteiger partial charge in [-0.3, -0.25) is 0 Å². The molecule has 1 unspecified atom stereocenters. The zero-order valence-corrected chi connectivity index (χ0v) is 8.96. The lowest BCUT2D eigenvalue weighted by Gasteiger charge is -2.00. The van der Waals surface area contributed by atoms with Gasteiger partial charge < -0.3 is 0 Å². The van der Waals surface area contributed by atoms with Crippen molar-refractivity contribution in [1.29, 1.82) is 0 Å². The van der Waals surface area contributed by atoms with Crippen LogP contribution in [0.15, 0.2) is 0 Å². The fourth-order valence-corrected chi connectivity index (χ4v) is 0.827. The quantitative estimate of drug-likeness (QED) is 0.435. The van der Waals surface area contributed by atoms with E-state index in [1.54, 1.807) is 0 Å². The first kappa shape index (κ1) is 10.7. The summed E-state index contributed by atoms with van der Waals surface area (Å²) >= 11 is 2.12. The van der Waals surface area contributed by atoms with E-state index in [1.165, 1.54) is 7.11 Å². The first-order chi connectivity index (χ1) is 4.66. The number of nitrogens with zero attached hydrogens (tertiary/aromatic N) is 1. The molecule has 0 bridgehead atoms. The Morgan fingerprint density at radius 1 is 1.70 bits per heavy atom. The number of rotatable bonds is 5. The molecule has 0 spiro atoms. The highest BCUT2D eigenvalue weighted by Crippen LogP contribution is 2.20. The van der Waals surface area contributed by atoms with E-state index in [2.05, 4.69) is 27.4 Å². The molecule has 0 N–H and O–H groups in total. The molecule has 0 heterocycles. The molecule has 0 aliphatic heterocycles. The normalized spacial score (nSPS) is 12.2. The summed E-state index contributed by atoms with van der Waals surface area (Å²) in [4.78, 5) is 0. The van der Waals surface area contributed by atoms with Crippen molar-refractivity contribution in [2.24, 2.45) is 0 Å². The third-order valence-electron chi connectivity index (χ3n) is 0.745. The van der Waals surface area contributed by atoms with Crippen molar-refractivity contribution in [2.45, 2.75) is 0 Å². The molecule has 1 atom stereocenters. The minimum atomic E-state index is -1.89. The van der Waals surface area contributed by atoms with Gasteiger partial charge in [0.2, 0.25) is 0 Å². The predicted molar refractivity (Wildman–Crippen MR) is 47.2 cm³/mol. The van der Waals surface area contributed by atoms with Crippen LogP contribution in [0.5, 0.6) is 0 Å². The summed E-state index contributed by atoms with van der Waals surface area (Å²) in [5.74, 6) is 0. The first-order valence-corrected chi connectivity index (χ1v) is 4.74. The number of likely N-dealkylation sites (N-methyl/N-ethyl adjacent to an activating group) is 1. The summed E-state index contributed by atoms with van der Waals surface area (Å²) in [6, 6.07) is 0. The van der Waals surface area contributed by atoms with Gasteiger partial charge in [-0.2, -0.15) is 0 Å². The molecule has 0 saturated carbocycles. The van der Waals surface area contributed by atoms with Gasteiger partial charge in [-0.05, 0) is 7.05 Å². The largest absolute Gasteiger partial charge is 0.697 e. The van der Waals surface area contributed by atoms with E-state index in [0.717, 1.165) is 6.54 Å². The van der Waals surface area contributed by atoms with Crippen molar-refractivity contribution >= 4 is 31.1 Å². The van der Waals surface area contributed by atoms with Gasteiger partial charge in [-0.25, -0.2) is 3.11 Å². The second-order valence-corrected chi connectivity index (χ2v) is 4.29. The SMILES string of the molecule is CO[P+](=O)OCCN(C)I. The van der Waals surface area contributed by atoms with Crippen LogP contribution in [0.4, 0.5) is 0 Å². The smallest absolute Gasteiger partial charge is 0.248 e. The highest BCUT2D eigenvalue weighted by Gasteiger charge is 2.15. The minimum absolute atomic E-state index is 0.433. The van der Waals surface area contributed by atoms with Gasteiger partial charge in [0.15, 0.2) is 0 Å². The Morgan fingerprint density at radius 3 is 2.70 bits per heavy atom. The second-order valence-electron chi connectivity index (χ2n) is 1.57. The highest BCUT2D eigenvalue weighted by molar-refractivity contribution is 14.1. The fraction of sp³-hybridized carbons (Fsp3) is 1.00. The van der Waals surface area contributed by atoms with Crippen LogP contribution in [-0.2, 0) is 13.6 Å². The van der Waals surface area contributed by atoms with E-state index in [9.17, 15) is 4.57 Å².